The van der Waals surface area contributed by atoms with Gasteiger partial charge in [0.2, 0.25) is 0 Å². The van der Waals surface area contributed by atoms with Crippen LogP contribution in [0.1, 0.15) is 24.6 Å². The minimum Gasteiger partial charge on any atom is -0.459 e. The van der Waals surface area contributed by atoms with Gasteiger partial charge in [0.05, 0.1) is 18.2 Å². The number of nitrogens with two attached hydrogens (primary N) is 1. The molecule has 0 aliphatic carbocycles. The number of ether oxygens (including phenoxy) is 1. The first-order chi connectivity index (χ1) is 9.78. The molecule has 2 aliphatic heterocycles. The second-order valence-corrected chi connectivity index (χ2v) is 5.97. The fourth-order valence-corrected chi connectivity index (χ4v) is 3.40. The van der Waals surface area contributed by atoms with Gasteiger partial charge in [0.1, 0.15) is 11.3 Å². The minimum absolute atomic E-state index is 0.0695. The fraction of sp³-hybridized carbons (Fsp3) is 0.500. The summed E-state index contributed by atoms with van der Waals surface area (Å²) in [6.45, 7) is 2.85. The Morgan fingerprint density at radius 3 is 2.70 bits per heavy atom. The van der Waals surface area contributed by atoms with Crippen LogP contribution in [0.5, 0.6) is 0 Å². The smallest absolute Gasteiger partial charge is 0.134 e. The van der Waals surface area contributed by atoms with E-state index in [-0.39, 0.29) is 6.04 Å². The molecule has 0 amide bonds. The maximum Gasteiger partial charge on any atom is 0.134 e. The van der Waals surface area contributed by atoms with E-state index in [2.05, 4.69) is 17.0 Å². The highest BCUT2D eigenvalue weighted by atomic mass is 16.5. The Balaban J connectivity index is 1.48. The van der Waals surface area contributed by atoms with Crippen molar-refractivity contribution in [1.29, 1.82) is 0 Å². The van der Waals surface area contributed by atoms with Gasteiger partial charge >= 0.3 is 0 Å². The van der Waals surface area contributed by atoms with Gasteiger partial charge in [-0.15, -0.1) is 0 Å². The van der Waals surface area contributed by atoms with E-state index in [0.717, 1.165) is 36.4 Å². The van der Waals surface area contributed by atoms with Crippen molar-refractivity contribution in [3.05, 3.63) is 36.1 Å². The van der Waals surface area contributed by atoms with E-state index in [1.807, 2.05) is 18.2 Å². The molecule has 2 N–H and O–H groups in total. The predicted molar refractivity (Wildman–Crippen MR) is 77.5 cm³/mol. The Hall–Kier alpha value is -1.36. The van der Waals surface area contributed by atoms with Crippen LogP contribution in [-0.4, -0.2) is 36.7 Å². The van der Waals surface area contributed by atoms with E-state index in [4.69, 9.17) is 14.9 Å². The summed E-state index contributed by atoms with van der Waals surface area (Å²) in [5.41, 5.74) is 7.24. The third-order valence-corrected chi connectivity index (χ3v) is 4.38. The van der Waals surface area contributed by atoms with Gasteiger partial charge in [-0.25, -0.2) is 0 Å². The predicted octanol–water partition coefficient (Wildman–Crippen LogP) is 2.30. The normalized spacial score (nSPS) is 28.1. The lowest BCUT2D eigenvalue weighted by Gasteiger charge is -2.33. The summed E-state index contributed by atoms with van der Waals surface area (Å²) in [6, 6.07) is 10.0. The van der Waals surface area contributed by atoms with E-state index >= 15 is 0 Å². The summed E-state index contributed by atoms with van der Waals surface area (Å²) >= 11 is 0. The first kappa shape index (κ1) is 12.4. The highest BCUT2D eigenvalue weighted by molar-refractivity contribution is 5.77. The van der Waals surface area contributed by atoms with Gasteiger partial charge in [-0.1, -0.05) is 18.2 Å². The maximum atomic E-state index is 6.32. The Bertz CT molecular complexity index is 564. The van der Waals surface area contributed by atoms with Crippen LogP contribution in [0.25, 0.3) is 11.0 Å². The molecule has 106 valence electrons. The van der Waals surface area contributed by atoms with Gasteiger partial charge in [0.15, 0.2) is 0 Å². The van der Waals surface area contributed by atoms with Crippen LogP contribution in [0, 0.1) is 0 Å². The van der Waals surface area contributed by atoms with Gasteiger partial charge in [-0.2, -0.15) is 0 Å². The van der Waals surface area contributed by atoms with Crippen LogP contribution >= 0.6 is 0 Å². The molecule has 2 fully saturated rings. The van der Waals surface area contributed by atoms with Gasteiger partial charge in [0.25, 0.3) is 0 Å². The second-order valence-electron chi connectivity index (χ2n) is 5.97. The number of hydrogen-bond acceptors (Lipinski definition) is 4. The molecule has 0 radical (unpaired) electrons. The molecule has 3 atom stereocenters. The molecule has 0 saturated carbocycles. The lowest BCUT2D eigenvalue weighted by molar-refractivity contribution is -0.0401. The van der Waals surface area contributed by atoms with Crippen molar-refractivity contribution >= 4 is 11.0 Å². The monoisotopic (exact) mass is 272 g/mol. The fourth-order valence-electron chi connectivity index (χ4n) is 3.40. The number of morpholine rings is 1. The van der Waals surface area contributed by atoms with E-state index in [9.17, 15) is 0 Å². The van der Waals surface area contributed by atoms with Crippen LogP contribution in [0.2, 0.25) is 0 Å². The van der Waals surface area contributed by atoms with Crippen LogP contribution in [-0.2, 0) is 4.74 Å². The van der Waals surface area contributed by atoms with E-state index in [1.165, 1.54) is 12.8 Å². The molecule has 2 bridgehead atoms. The van der Waals surface area contributed by atoms with Crippen LogP contribution in [0.3, 0.4) is 0 Å². The quantitative estimate of drug-likeness (QED) is 0.931. The van der Waals surface area contributed by atoms with Gasteiger partial charge in [-0.05, 0) is 25.0 Å². The highest BCUT2D eigenvalue weighted by Crippen LogP contribution is 2.28. The molecular weight excluding hydrogens is 252 g/mol. The largest absolute Gasteiger partial charge is 0.459 e. The molecule has 4 heteroatoms. The van der Waals surface area contributed by atoms with Crippen molar-refractivity contribution in [1.82, 2.24) is 4.90 Å². The van der Waals surface area contributed by atoms with Crippen molar-refractivity contribution < 1.29 is 9.15 Å². The van der Waals surface area contributed by atoms with Crippen molar-refractivity contribution in [2.45, 2.75) is 31.1 Å². The molecule has 1 aromatic carbocycles. The molecule has 0 spiro atoms. The first-order valence-corrected chi connectivity index (χ1v) is 7.40. The number of furan rings is 1. The number of rotatable bonds is 3. The second kappa shape index (κ2) is 4.88. The Morgan fingerprint density at radius 1 is 1.20 bits per heavy atom. The summed E-state index contributed by atoms with van der Waals surface area (Å²) < 4.78 is 11.7. The summed E-state index contributed by atoms with van der Waals surface area (Å²) in [4.78, 5) is 2.42. The van der Waals surface area contributed by atoms with Gasteiger partial charge in [0, 0.05) is 25.0 Å². The molecular formula is C16H20N2O2. The van der Waals surface area contributed by atoms with Crippen LogP contribution in [0.4, 0.5) is 0 Å². The third kappa shape index (κ3) is 2.24. The summed E-state index contributed by atoms with van der Waals surface area (Å²) in [7, 11) is 0. The number of hydrogen-bond donors (Lipinski definition) is 1. The maximum absolute atomic E-state index is 6.32. The zero-order valence-electron chi connectivity index (χ0n) is 11.5. The molecule has 2 aromatic rings. The molecule has 2 saturated heterocycles. The molecule has 3 unspecified atom stereocenters. The third-order valence-electron chi connectivity index (χ3n) is 4.38. The zero-order valence-corrected chi connectivity index (χ0v) is 11.5. The molecule has 2 aliphatic rings. The van der Waals surface area contributed by atoms with E-state index in [1.54, 1.807) is 0 Å². The Labute approximate surface area is 118 Å². The molecule has 1 aromatic heterocycles. The number of nitrogens with zero attached hydrogens (tertiary/aromatic N) is 1. The zero-order chi connectivity index (χ0) is 13.5. The first-order valence-electron chi connectivity index (χ1n) is 7.40. The van der Waals surface area contributed by atoms with Crippen LogP contribution < -0.4 is 5.73 Å². The van der Waals surface area contributed by atoms with Gasteiger partial charge < -0.3 is 14.9 Å². The summed E-state index contributed by atoms with van der Waals surface area (Å²) in [5.74, 6) is 0.880. The summed E-state index contributed by atoms with van der Waals surface area (Å²) in [5, 5.41) is 1.12. The lowest BCUT2D eigenvalue weighted by Crippen LogP contribution is -2.45. The lowest BCUT2D eigenvalue weighted by atomic mass is 10.2. The number of fused-ring (bicyclic) bond motifs is 3. The van der Waals surface area contributed by atoms with E-state index in [0.29, 0.717) is 12.2 Å². The SMILES string of the molecule is NC(CN1CC2CCC(C1)O2)c1cc2ccccc2o1. The molecule has 4 nitrogen and oxygen atoms in total. The molecule has 4 rings (SSSR count). The number of benzene rings is 1. The topological polar surface area (TPSA) is 51.6 Å². The highest BCUT2D eigenvalue weighted by Gasteiger charge is 2.34. The average Bonchev–Trinajstić information content (AvgIpc) is 3.02. The van der Waals surface area contributed by atoms with E-state index < -0.39 is 0 Å². The minimum atomic E-state index is -0.0695. The molecule has 20 heavy (non-hydrogen) atoms. The van der Waals surface area contributed by atoms with Crippen molar-refractivity contribution in [2.75, 3.05) is 19.6 Å². The Kier molecular flexibility index (Phi) is 3.02. The number of para-hydroxylation sites is 1. The average molecular weight is 272 g/mol. The van der Waals surface area contributed by atoms with Crippen molar-refractivity contribution in [3.63, 3.8) is 0 Å². The summed E-state index contributed by atoms with van der Waals surface area (Å²) in [6.07, 6.45) is 3.22. The standard InChI is InChI=1S/C16H20N2O2/c17-14(10-18-8-12-5-6-13(9-18)19-12)16-7-11-3-1-2-4-15(11)20-16/h1-4,7,12-14H,5-6,8-10,17H2. The van der Waals surface area contributed by atoms with Crippen LogP contribution in [0.15, 0.2) is 34.7 Å². The Morgan fingerprint density at radius 2 is 1.95 bits per heavy atom. The van der Waals surface area contributed by atoms with Gasteiger partial charge in [-0.3, -0.25) is 4.90 Å². The van der Waals surface area contributed by atoms with Crippen molar-refractivity contribution in [3.8, 4) is 0 Å². The molecule has 3 heterocycles. The number of likely N-dealkylation sites (tertiary alicyclic amines) is 1. The van der Waals surface area contributed by atoms with Crippen molar-refractivity contribution in [2.24, 2.45) is 5.73 Å².